The lowest BCUT2D eigenvalue weighted by molar-refractivity contribution is -0.451. The van der Waals surface area contributed by atoms with Crippen molar-refractivity contribution in [1.82, 2.24) is 0 Å². The summed E-state index contributed by atoms with van der Waals surface area (Å²) in [6.07, 6.45) is 22.4. The van der Waals surface area contributed by atoms with Crippen molar-refractivity contribution < 1.29 is 9.85 Å². The van der Waals surface area contributed by atoms with Crippen LogP contribution in [0.3, 0.4) is 0 Å². The normalized spacial score (nSPS) is 24.8. The largest absolute Gasteiger partial charge is 0.402 e. The van der Waals surface area contributed by atoms with Gasteiger partial charge in [0, 0.05) is 40.8 Å². The van der Waals surface area contributed by atoms with E-state index < -0.39 is 26.1 Å². The minimum Gasteiger partial charge on any atom is -0.402 e. The fourth-order valence-electron chi connectivity index (χ4n) is 4.15. The molecule has 0 heterocycles. The molecule has 0 saturated heterocycles. The highest BCUT2D eigenvalue weighted by molar-refractivity contribution is 5.49. The number of nitrogens with two attached hydrogens (primary N) is 2. The van der Waals surface area contributed by atoms with E-state index in [0.717, 1.165) is 0 Å². The van der Waals surface area contributed by atoms with Crippen LogP contribution < -0.4 is 11.5 Å². The van der Waals surface area contributed by atoms with Crippen molar-refractivity contribution in [2.45, 2.75) is 12.8 Å². The molecule has 0 fully saturated rings. The molecule has 4 rings (SSSR count). The Labute approximate surface area is 166 Å². The molecular weight excluding hydrogens is 372 g/mol. The Morgan fingerprint density at radius 3 is 1.34 bits per heavy atom. The molecule has 3 spiro atoms. The molecular formula is C21H20N4O4. The zero-order valence-corrected chi connectivity index (χ0v) is 15.5. The van der Waals surface area contributed by atoms with Gasteiger partial charge in [0.05, 0.1) is 15.3 Å². The molecule has 0 aromatic rings. The van der Waals surface area contributed by atoms with Gasteiger partial charge in [0.25, 0.3) is 11.4 Å². The lowest BCUT2D eigenvalue weighted by atomic mass is 9.68. The molecule has 0 bridgehead atoms. The first-order valence-electron chi connectivity index (χ1n) is 9.12. The van der Waals surface area contributed by atoms with E-state index in [0.29, 0.717) is 17.8 Å². The van der Waals surface area contributed by atoms with Crippen molar-refractivity contribution in [3.05, 3.63) is 116 Å². The number of nitrogens with zero attached hydrogens (tertiary/aromatic N) is 2. The second-order valence-electron chi connectivity index (χ2n) is 7.91. The van der Waals surface area contributed by atoms with Gasteiger partial charge in [-0.05, 0) is 12.2 Å². The highest BCUT2D eigenvalue weighted by Gasteiger charge is 2.39. The fourth-order valence-corrected chi connectivity index (χ4v) is 4.15. The zero-order valence-electron chi connectivity index (χ0n) is 15.5. The van der Waals surface area contributed by atoms with Crippen LogP contribution in [0.4, 0.5) is 0 Å². The second kappa shape index (κ2) is 6.16. The lowest BCUT2D eigenvalue weighted by Crippen LogP contribution is -2.28. The molecule has 4 N–H and O–H groups in total. The van der Waals surface area contributed by atoms with Gasteiger partial charge in [0.1, 0.15) is 6.42 Å². The van der Waals surface area contributed by atoms with Gasteiger partial charge in [-0.1, -0.05) is 48.6 Å². The third-order valence-electron chi connectivity index (χ3n) is 5.59. The SMILES string of the molecule is NC1=CC2(C=CC3(C=C2)C=CC2(C=C3)C=C([N+](=O)[O-])CC([N+](=O)[O-])=C2)C=C(N)C1. The van der Waals surface area contributed by atoms with Crippen LogP contribution in [-0.2, 0) is 0 Å². The summed E-state index contributed by atoms with van der Waals surface area (Å²) in [4.78, 5) is 21.4. The van der Waals surface area contributed by atoms with E-state index in [2.05, 4.69) is 0 Å². The van der Waals surface area contributed by atoms with Gasteiger partial charge in [-0.2, -0.15) is 0 Å². The van der Waals surface area contributed by atoms with E-state index in [-0.39, 0.29) is 17.8 Å². The maximum absolute atomic E-state index is 11.3. The Balaban J connectivity index is 1.66. The molecule has 4 aliphatic carbocycles. The average Bonchev–Trinajstić information content (AvgIpc) is 2.66. The van der Waals surface area contributed by atoms with Crippen molar-refractivity contribution in [3.63, 3.8) is 0 Å². The van der Waals surface area contributed by atoms with E-state index in [4.69, 9.17) is 11.5 Å². The summed E-state index contributed by atoms with van der Waals surface area (Å²) in [7, 11) is 0. The van der Waals surface area contributed by atoms with Crippen molar-refractivity contribution in [3.8, 4) is 0 Å². The number of hydrogen-bond donors (Lipinski definition) is 2. The Morgan fingerprint density at radius 1 is 0.621 bits per heavy atom. The topological polar surface area (TPSA) is 138 Å². The van der Waals surface area contributed by atoms with Crippen molar-refractivity contribution in [1.29, 1.82) is 0 Å². The highest BCUT2D eigenvalue weighted by Crippen LogP contribution is 2.46. The van der Waals surface area contributed by atoms with Crippen LogP contribution in [0.2, 0.25) is 0 Å². The lowest BCUT2D eigenvalue weighted by Gasteiger charge is -2.36. The van der Waals surface area contributed by atoms with Crippen molar-refractivity contribution >= 4 is 0 Å². The van der Waals surface area contributed by atoms with Gasteiger partial charge in [0.2, 0.25) is 0 Å². The summed E-state index contributed by atoms with van der Waals surface area (Å²) in [6.45, 7) is 0. The van der Waals surface area contributed by atoms with Crippen LogP contribution in [0.5, 0.6) is 0 Å². The first kappa shape index (κ1) is 18.7. The number of rotatable bonds is 2. The predicted molar refractivity (Wildman–Crippen MR) is 108 cm³/mol. The van der Waals surface area contributed by atoms with E-state index in [9.17, 15) is 20.2 Å². The maximum atomic E-state index is 11.3. The smallest absolute Gasteiger partial charge is 0.254 e. The van der Waals surface area contributed by atoms with Gasteiger partial charge in [0.15, 0.2) is 0 Å². The summed E-state index contributed by atoms with van der Waals surface area (Å²) in [6, 6.07) is 0. The van der Waals surface area contributed by atoms with Gasteiger partial charge >= 0.3 is 0 Å². The van der Waals surface area contributed by atoms with Crippen LogP contribution in [0.15, 0.2) is 95.7 Å². The quantitative estimate of drug-likeness (QED) is 0.421. The van der Waals surface area contributed by atoms with Crippen LogP contribution >= 0.6 is 0 Å². The summed E-state index contributed by atoms with van der Waals surface area (Å²) >= 11 is 0. The molecule has 4 aliphatic rings. The molecule has 0 aromatic carbocycles. The Morgan fingerprint density at radius 2 is 0.966 bits per heavy atom. The molecule has 0 radical (unpaired) electrons. The predicted octanol–water partition coefficient (Wildman–Crippen LogP) is 3.01. The molecule has 0 saturated carbocycles. The van der Waals surface area contributed by atoms with E-state index in [1.54, 1.807) is 12.2 Å². The Bertz CT molecular complexity index is 971. The third kappa shape index (κ3) is 3.33. The molecule has 0 amide bonds. The first-order chi connectivity index (χ1) is 13.6. The van der Waals surface area contributed by atoms with Crippen LogP contribution in [0, 0.1) is 36.5 Å². The van der Waals surface area contributed by atoms with Crippen LogP contribution in [0.1, 0.15) is 12.8 Å². The van der Waals surface area contributed by atoms with Crippen LogP contribution in [0.25, 0.3) is 0 Å². The molecule has 0 unspecified atom stereocenters. The van der Waals surface area contributed by atoms with E-state index >= 15 is 0 Å². The summed E-state index contributed by atoms with van der Waals surface area (Å²) in [5, 5.41) is 22.5. The van der Waals surface area contributed by atoms with E-state index in [1.165, 1.54) is 12.2 Å². The van der Waals surface area contributed by atoms with Gasteiger partial charge in [-0.3, -0.25) is 20.2 Å². The fraction of sp³-hybridized carbons (Fsp3) is 0.238. The number of hydrogen-bond acceptors (Lipinski definition) is 6. The summed E-state index contributed by atoms with van der Waals surface area (Å²) < 4.78 is 0. The van der Waals surface area contributed by atoms with E-state index in [1.807, 2.05) is 48.6 Å². The molecule has 29 heavy (non-hydrogen) atoms. The van der Waals surface area contributed by atoms with Crippen LogP contribution in [-0.4, -0.2) is 9.85 Å². The monoisotopic (exact) mass is 392 g/mol. The maximum Gasteiger partial charge on any atom is 0.254 e. The molecule has 0 aromatic heterocycles. The minimum atomic E-state index is -0.982. The Hall–Kier alpha value is -3.68. The molecule has 148 valence electrons. The summed E-state index contributed by atoms with van der Waals surface area (Å²) in [5.41, 5.74) is 11.1. The first-order valence-corrected chi connectivity index (χ1v) is 9.12. The number of allylic oxidation sites excluding steroid dienone is 12. The highest BCUT2D eigenvalue weighted by atomic mass is 16.6. The van der Waals surface area contributed by atoms with Gasteiger partial charge in [-0.25, -0.2) is 0 Å². The standard InChI is InChI=1S/C21H20N4O4/c22-15-9-16(23)12-20(11-15)5-1-19(2-6-20)3-7-21(8-4-19)13-17(24(26)27)10-18(14-21)25(28)29/h1-8,11-14H,9-10,22-23H2. The molecule has 0 atom stereocenters. The summed E-state index contributed by atoms with van der Waals surface area (Å²) in [5.74, 6) is 0. The zero-order chi connectivity index (χ0) is 20.9. The van der Waals surface area contributed by atoms with Gasteiger partial charge in [-0.15, -0.1) is 0 Å². The Kier molecular flexibility index (Phi) is 3.97. The number of nitro groups is 2. The van der Waals surface area contributed by atoms with Crippen molar-refractivity contribution in [2.24, 2.45) is 27.7 Å². The third-order valence-corrected chi connectivity index (χ3v) is 5.59. The average molecular weight is 392 g/mol. The van der Waals surface area contributed by atoms with Gasteiger partial charge < -0.3 is 11.5 Å². The minimum absolute atomic E-state index is 0.179. The molecule has 8 heteroatoms. The molecule has 8 nitrogen and oxygen atoms in total. The van der Waals surface area contributed by atoms with Crippen molar-refractivity contribution in [2.75, 3.05) is 0 Å². The molecule has 0 aliphatic heterocycles. The second-order valence-corrected chi connectivity index (χ2v) is 7.91.